The third-order valence-corrected chi connectivity index (χ3v) is 2.81. The van der Waals surface area contributed by atoms with E-state index in [1.54, 1.807) is 12.1 Å². The minimum absolute atomic E-state index is 0.0681. The molecule has 1 aliphatic heterocycles. The fraction of sp³-hybridized carbons (Fsp3) is 0.417. The first-order valence-electron chi connectivity index (χ1n) is 5.40. The summed E-state index contributed by atoms with van der Waals surface area (Å²) in [5.74, 6) is 1.11. The largest absolute Gasteiger partial charge is 0.497 e. The normalized spacial score (nSPS) is 19.0. The standard InChI is InChI=1S/C12H15FN2O2/c1-16-9-3-4-10(11(13)6-9)8-5-12(14-7-8)15-17-2/h3-4,6,8H,5,7H2,1-2H3,(H,14,15)/t8-/m0/s1. The van der Waals surface area contributed by atoms with Gasteiger partial charge in [0, 0.05) is 24.9 Å². The van der Waals surface area contributed by atoms with Crippen molar-refractivity contribution in [3.05, 3.63) is 29.6 Å². The van der Waals surface area contributed by atoms with Crippen molar-refractivity contribution >= 4 is 5.84 Å². The topological polar surface area (TPSA) is 42.8 Å². The molecule has 0 radical (unpaired) electrons. The first kappa shape index (κ1) is 11.9. The second-order valence-corrected chi connectivity index (χ2v) is 3.88. The van der Waals surface area contributed by atoms with Gasteiger partial charge in [0.25, 0.3) is 0 Å². The van der Waals surface area contributed by atoms with E-state index >= 15 is 0 Å². The van der Waals surface area contributed by atoms with Crippen LogP contribution in [0.3, 0.4) is 0 Å². The van der Waals surface area contributed by atoms with E-state index in [1.807, 2.05) is 0 Å². The van der Waals surface area contributed by atoms with E-state index in [9.17, 15) is 4.39 Å². The third-order valence-electron chi connectivity index (χ3n) is 2.81. The van der Waals surface area contributed by atoms with Crippen molar-refractivity contribution < 1.29 is 14.0 Å². The maximum Gasteiger partial charge on any atom is 0.130 e. The Hall–Kier alpha value is -1.62. The number of hydroxylamine groups is 1. The second-order valence-electron chi connectivity index (χ2n) is 3.88. The van der Waals surface area contributed by atoms with Crippen LogP contribution in [0.25, 0.3) is 0 Å². The van der Waals surface area contributed by atoms with Crippen LogP contribution in [-0.4, -0.2) is 26.6 Å². The molecular formula is C12H15FN2O2. The number of hydrogen-bond acceptors (Lipinski definition) is 4. The van der Waals surface area contributed by atoms with Crippen molar-refractivity contribution in [2.45, 2.75) is 12.3 Å². The number of methoxy groups -OCH3 is 1. The number of hydrogen-bond donors (Lipinski definition) is 1. The molecular weight excluding hydrogens is 223 g/mol. The lowest BCUT2D eigenvalue weighted by Crippen LogP contribution is -2.20. The molecule has 1 atom stereocenters. The molecule has 17 heavy (non-hydrogen) atoms. The minimum atomic E-state index is -0.247. The van der Waals surface area contributed by atoms with Crippen molar-refractivity contribution in [3.63, 3.8) is 0 Å². The molecule has 5 heteroatoms. The van der Waals surface area contributed by atoms with Crippen LogP contribution in [0.5, 0.6) is 5.75 Å². The van der Waals surface area contributed by atoms with Crippen molar-refractivity contribution in [3.8, 4) is 5.75 Å². The first-order valence-corrected chi connectivity index (χ1v) is 5.40. The Morgan fingerprint density at radius 2 is 2.24 bits per heavy atom. The highest BCUT2D eigenvalue weighted by Crippen LogP contribution is 2.29. The molecule has 1 heterocycles. The lowest BCUT2D eigenvalue weighted by molar-refractivity contribution is 0.143. The van der Waals surface area contributed by atoms with Crippen LogP contribution in [0.2, 0.25) is 0 Å². The summed E-state index contributed by atoms with van der Waals surface area (Å²) in [6, 6.07) is 4.92. The zero-order chi connectivity index (χ0) is 12.3. The van der Waals surface area contributed by atoms with Crippen LogP contribution in [-0.2, 0) is 4.84 Å². The summed E-state index contributed by atoms with van der Waals surface area (Å²) in [4.78, 5) is 9.03. The van der Waals surface area contributed by atoms with Gasteiger partial charge in [0.2, 0.25) is 0 Å². The molecule has 4 nitrogen and oxygen atoms in total. The van der Waals surface area contributed by atoms with Gasteiger partial charge in [-0.2, -0.15) is 0 Å². The summed E-state index contributed by atoms with van der Waals surface area (Å²) in [5, 5.41) is 0. The zero-order valence-corrected chi connectivity index (χ0v) is 9.87. The van der Waals surface area contributed by atoms with Gasteiger partial charge in [0.05, 0.1) is 14.2 Å². The fourth-order valence-electron chi connectivity index (χ4n) is 1.95. The smallest absolute Gasteiger partial charge is 0.130 e. The third kappa shape index (κ3) is 2.55. The molecule has 0 spiro atoms. The molecule has 92 valence electrons. The number of aliphatic imine (C=N–C) groups is 1. The Balaban J connectivity index is 2.10. The number of rotatable bonds is 3. The quantitative estimate of drug-likeness (QED) is 0.817. The fourth-order valence-corrected chi connectivity index (χ4v) is 1.95. The van der Waals surface area contributed by atoms with Crippen molar-refractivity contribution in [2.75, 3.05) is 20.8 Å². The molecule has 1 N–H and O–H groups in total. The maximum atomic E-state index is 13.8. The van der Waals surface area contributed by atoms with E-state index in [2.05, 4.69) is 10.5 Å². The van der Waals surface area contributed by atoms with Gasteiger partial charge in [0.1, 0.15) is 17.4 Å². The van der Waals surface area contributed by atoms with Crippen molar-refractivity contribution in [1.82, 2.24) is 5.48 Å². The molecule has 0 aliphatic carbocycles. The van der Waals surface area contributed by atoms with Crippen LogP contribution >= 0.6 is 0 Å². The van der Waals surface area contributed by atoms with E-state index in [0.717, 1.165) is 5.84 Å². The summed E-state index contributed by atoms with van der Waals surface area (Å²) in [7, 11) is 3.05. The van der Waals surface area contributed by atoms with Gasteiger partial charge in [-0.1, -0.05) is 6.07 Å². The summed E-state index contributed by atoms with van der Waals surface area (Å²) < 4.78 is 18.8. The number of benzene rings is 1. The van der Waals surface area contributed by atoms with Crippen LogP contribution in [0.4, 0.5) is 4.39 Å². The number of amidine groups is 1. The van der Waals surface area contributed by atoms with Gasteiger partial charge >= 0.3 is 0 Å². The molecule has 0 saturated carbocycles. The molecule has 0 bridgehead atoms. The van der Waals surface area contributed by atoms with Crippen molar-refractivity contribution in [2.24, 2.45) is 4.99 Å². The van der Waals surface area contributed by atoms with Crippen LogP contribution < -0.4 is 10.2 Å². The summed E-state index contributed by atoms with van der Waals surface area (Å²) >= 11 is 0. The Morgan fingerprint density at radius 3 is 2.88 bits per heavy atom. The molecule has 1 aromatic rings. The summed E-state index contributed by atoms with van der Waals surface area (Å²) in [5.41, 5.74) is 3.36. The first-order chi connectivity index (χ1) is 8.24. The highest BCUT2D eigenvalue weighted by atomic mass is 19.1. The highest BCUT2D eigenvalue weighted by Gasteiger charge is 2.23. The Labute approximate surface area is 99.4 Å². The van der Waals surface area contributed by atoms with E-state index in [4.69, 9.17) is 9.57 Å². The molecule has 2 rings (SSSR count). The van der Waals surface area contributed by atoms with Crippen LogP contribution in [0.1, 0.15) is 17.9 Å². The van der Waals surface area contributed by atoms with E-state index in [-0.39, 0.29) is 11.7 Å². The van der Waals surface area contributed by atoms with E-state index in [0.29, 0.717) is 24.3 Å². The van der Waals surface area contributed by atoms with Crippen LogP contribution in [0, 0.1) is 5.82 Å². The van der Waals surface area contributed by atoms with Crippen LogP contribution in [0.15, 0.2) is 23.2 Å². The molecule has 1 aliphatic rings. The predicted octanol–water partition coefficient (Wildman–Crippen LogP) is 1.87. The monoisotopic (exact) mass is 238 g/mol. The molecule has 0 fully saturated rings. The maximum absolute atomic E-state index is 13.8. The lowest BCUT2D eigenvalue weighted by atomic mass is 9.97. The van der Waals surface area contributed by atoms with Gasteiger partial charge in [-0.05, 0) is 11.6 Å². The number of nitrogens with one attached hydrogen (secondary N) is 1. The predicted molar refractivity (Wildman–Crippen MR) is 62.8 cm³/mol. The summed E-state index contributed by atoms with van der Waals surface area (Å²) in [6.45, 7) is 0.578. The highest BCUT2D eigenvalue weighted by molar-refractivity contribution is 5.83. The summed E-state index contributed by atoms with van der Waals surface area (Å²) in [6.07, 6.45) is 0.664. The Bertz CT molecular complexity index is 435. The molecule has 0 saturated heterocycles. The Kier molecular flexibility index (Phi) is 3.58. The second kappa shape index (κ2) is 5.14. The molecule has 0 aromatic heterocycles. The minimum Gasteiger partial charge on any atom is -0.497 e. The zero-order valence-electron chi connectivity index (χ0n) is 9.87. The van der Waals surface area contributed by atoms with E-state index < -0.39 is 0 Å². The molecule has 0 amide bonds. The molecule has 1 aromatic carbocycles. The number of halogens is 1. The van der Waals surface area contributed by atoms with Gasteiger partial charge in [0.15, 0.2) is 0 Å². The van der Waals surface area contributed by atoms with Gasteiger partial charge in [-0.3, -0.25) is 15.3 Å². The number of nitrogens with zero attached hydrogens (tertiary/aromatic N) is 1. The van der Waals surface area contributed by atoms with Gasteiger partial charge < -0.3 is 4.74 Å². The average molecular weight is 238 g/mol. The van der Waals surface area contributed by atoms with Gasteiger partial charge in [-0.15, -0.1) is 0 Å². The SMILES string of the molecule is CONC1=NC[C@@H](c2ccc(OC)cc2F)C1. The lowest BCUT2D eigenvalue weighted by Gasteiger charge is -2.11. The Morgan fingerprint density at radius 1 is 1.41 bits per heavy atom. The molecule has 0 unspecified atom stereocenters. The average Bonchev–Trinajstić information content (AvgIpc) is 2.78. The van der Waals surface area contributed by atoms with Gasteiger partial charge in [-0.25, -0.2) is 4.39 Å². The van der Waals surface area contributed by atoms with E-state index in [1.165, 1.54) is 20.3 Å². The number of ether oxygens (including phenoxy) is 1. The van der Waals surface area contributed by atoms with Crippen molar-refractivity contribution in [1.29, 1.82) is 0 Å².